The van der Waals surface area contributed by atoms with Gasteiger partial charge in [0, 0.05) is 5.69 Å². The van der Waals surface area contributed by atoms with Gasteiger partial charge in [0.05, 0.1) is 25.2 Å². The summed E-state index contributed by atoms with van der Waals surface area (Å²) in [6.45, 7) is 4.58. The number of ether oxygens (including phenoxy) is 3. The molecule has 1 heterocycles. The third kappa shape index (κ3) is 4.39. The molecule has 6 heteroatoms. The molecular formula is C17H21NO4S. The van der Waals surface area contributed by atoms with Gasteiger partial charge in [0.25, 0.3) is 0 Å². The van der Waals surface area contributed by atoms with Crippen molar-refractivity contribution >= 4 is 23.0 Å². The summed E-state index contributed by atoms with van der Waals surface area (Å²) in [4.78, 5) is 13.2. The summed E-state index contributed by atoms with van der Waals surface area (Å²) >= 11 is 1.47. The molecule has 2 aromatic rings. The number of esters is 1. The summed E-state index contributed by atoms with van der Waals surface area (Å²) in [5, 5.41) is 5.12. The monoisotopic (exact) mass is 335 g/mol. The highest BCUT2D eigenvalue weighted by Crippen LogP contribution is 2.34. The summed E-state index contributed by atoms with van der Waals surface area (Å²) in [6.07, 6.45) is 0. The van der Waals surface area contributed by atoms with Gasteiger partial charge in [0.15, 0.2) is 6.04 Å². The highest BCUT2D eigenvalue weighted by Gasteiger charge is 2.26. The molecule has 124 valence electrons. The molecular weight excluding hydrogens is 314 g/mol. The maximum Gasteiger partial charge on any atom is 0.334 e. The minimum atomic E-state index is -0.607. The molecule has 0 aliphatic rings. The van der Waals surface area contributed by atoms with Crippen molar-refractivity contribution in [2.75, 3.05) is 25.6 Å². The van der Waals surface area contributed by atoms with Gasteiger partial charge in [-0.05, 0) is 49.6 Å². The van der Waals surface area contributed by atoms with Crippen LogP contribution < -0.4 is 14.8 Å². The number of anilines is 1. The van der Waals surface area contributed by atoms with Crippen molar-refractivity contribution in [3.05, 3.63) is 40.6 Å². The van der Waals surface area contributed by atoms with Crippen molar-refractivity contribution in [3.8, 4) is 11.5 Å². The lowest BCUT2D eigenvalue weighted by molar-refractivity contribution is -0.144. The Hall–Kier alpha value is -2.21. The van der Waals surface area contributed by atoms with Crippen molar-refractivity contribution in [3.63, 3.8) is 0 Å². The van der Waals surface area contributed by atoms with Crippen LogP contribution in [0.3, 0.4) is 0 Å². The third-order valence-electron chi connectivity index (χ3n) is 3.14. The van der Waals surface area contributed by atoms with Crippen LogP contribution in [0.25, 0.3) is 0 Å². The lowest BCUT2D eigenvalue weighted by Crippen LogP contribution is -2.23. The second-order valence-electron chi connectivity index (χ2n) is 4.64. The van der Waals surface area contributed by atoms with E-state index >= 15 is 0 Å². The Morgan fingerprint density at radius 1 is 1.17 bits per heavy atom. The Kier molecular flexibility index (Phi) is 6.29. The predicted molar refractivity (Wildman–Crippen MR) is 91.5 cm³/mol. The topological polar surface area (TPSA) is 56.8 Å². The summed E-state index contributed by atoms with van der Waals surface area (Å²) in [7, 11) is 1.61. The Morgan fingerprint density at radius 2 is 1.91 bits per heavy atom. The quantitative estimate of drug-likeness (QED) is 0.742. The lowest BCUT2D eigenvalue weighted by atomic mass is 10.2. The van der Waals surface area contributed by atoms with Gasteiger partial charge in [-0.1, -0.05) is 0 Å². The number of methoxy groups -OCH3 is 1. The normalized spacial score (nSPS) is 11.6. The van der Waals surface area contributed by atoms with Gasteiger partial charge in [-0.15, -0.1) is 11.3 Å². The smallest absolute Gasteiger partial charge is 0.334 e. The molecule has 0 radical (unpaired) electrons. The van der Waals surface area contributed by atoms with Crippen molar-refractivity contribution < 1.29 is 19.0 Å². The second kappa shape index (κ2) is 8.43. The van der Waals surface area contributed by atoms with Crippen LogP contribution in [0.2, 0.25) is 0 Å². The first-order valence-electron chi connectivity index (χ1n) is 7.47. The number of hydrogen-bond donors (Lipinski definition) is 1. The number of thiophene rings is 1. The molecule has 5 nitrogen and oxygen atoms in total. The summed E-state index contributed by atoms with van der Waals surface area (Å²) in [6, 6.07) is 8.65. The number of rotatable bonds is 8. The highest BCUT2D eigenvalue weighted by molar-refractivity contribution is 7.10. The molecule has 2 rings (SSSR count). The minimum Gasteiger partial charge on any atom is -0.497 e. The van der Waals surface area contributed by atoms with Crippen LogP contribution in [0, 0.1) is 0 Å². The molecule has 0 spiro atoms. The highest BCUT2D eigenvalue weighted by atomic mass is 32.1. The Bertz CT molecular complexity index is 624. The fraction of sp³-hybridized carbons (Fsp3) is 0.353. The standard InChI is InChI=1S/C17H21NO4S/c1-4-21-14-10-11-23-16(14)15(17(19)22-5-2)18-12-6-8-13(20-3)9-7-12/h6-11,15,18H,4-5H2,1-3H3. The predicted octanol–water partition coefficient (Wildman–Crippen LogP) is 3.87. The van der Waals surface area contributed by atoms with E-state index in [0.717, 1.165) is 16.3 Å². The van der Waals surface area contributed by atoms with Crippen molar-refractivity contribution in [1.82, 2.24) is 0 Å². The molecule has 0 saturated carbocycles. The van der Waals surface area contributed by atoms with Gasteiger partial charge < -0.3 is 19.5 Å². The van der Waals surface area contributed by atoms with Gasteiger partial charge in [0.1, 0.15) is 11.5 Å². The van der Waals surface area contributed by atoms with Gasteiger partial charge in [-0.3, -0.25) is 0 Å². The van der Waals surface area contributed by atoms with Crippen LogP contribution >= 0.6 is 11.3 Å². The van der Waals surface area contributed by atoms with Gasteiger partial charge in [-0.2, -0.15) is 0 Å². The maximum atomic E-state index is 12.4. The Labute approximate surface area is 140 Å². The van der Waals surface area contributed by atoms with Crippen LogP contribution in [-0.4, -0.2) is 26.3 Å². The van der Waals surface area contributed by atoms with E-state index in [1.165, 1.54) is 11.3 Å². The fourth-order valence-electron chi connectivity index (χ4n) is 2.11. The molecule has 0 amide bonds. The molecule has 1 atom stereocenters. The molecule has 1 unspecified atom stereocenters. The van der Waals surface area contributed by atoms with Crippen LogP contribution in [0.4, 0.5) is 5.69 Å². The molecule has 1 aromatic carbocycles. The van der Waals surface area contributed by atoms with Crippen LogP contribution in [-0.2, 0) is 9.53 Å². The van der Waals surface area contributed by atoms with Crippen LogP contribution in [0.15, 0.2) is 35.7 Å². The number of nitrogens with one attached hydrogen (secondary N) is 1. The molecule has 0 bridgehead atoms. The van der Waals surface area contributed by atoms with Crippen LogP contribution in [0.1, 0.15) is 24.8 Å². The second-order valence-corrected chi connectivity index (χ2v) is 5.59. The van der Waals surface area contributed by atoms with Crippen molar-refractivity contribution in [1.29, 1.82) is 0 Å². The number of benzene rings is 1. The average molecular weight is 335 g/mol. The number of carbonyl (C=O) groups excluding carboxylic acids is 1. The van der Waals surface area contributed by atoms with Gasteiger partial charge >= 0.3 is 5.97 Å². The zero-order valence-electron chi connectivity index (χ0n) is 13.5. The van der Waals surface area contributed by atoms with Crippen molar-refractivity contribution in [2.45, 2.75) is 19.9 Å². The summed E-state index contributed by atoms with van der Waals surface area (Å²) in [5.41, 5.74) is 0.805. The van der Waals surface area contributed by atoms with E-state index < -0.39 is 6.04 Å². The zero-order valence-corrected chi connectivity index (χ0v) is 14.3. The average Bonchev–Trinajstić information content (AvgIpc) is 3.01. The van der Waals surface area contributed by atoms with E-state index in [2.05, 4.69) is 5.32 Å². The van der Waals surface area contributed by atoms with Crippen molar-refractivity contribution in [2.24, 2.45) is 0 Å². The molecule has 23 heavy (non-hydrogen) atoms. The Balaban J connectivity index is 2.26. The molecule has 1 N–H and O–H groups in total. The third-order valence-corrected chi connectivity index (χ3v) is 4.11. The largest absolute Gasteiger partial charge is 0.497 e. The van der Waals surface area contributed by atoms with Gasteiger partial charge in [0.2, 0.25) is 0 Å². The van der Waals surface area contributed by atoms with E-state index in [-0.39, 0.29) is 5.97 Å². The molecule has 1 aromatic heterocycles. The lowest BCUT2D eigenvalue weighted by Gasteiger charge is -2.19. The molecule has 0 saturated heterocycles. The Morgan fingerprint density at radius 3 is 2.52 bits per heavy atom. The molecule has 0 fully saturated rings. The van der Waals surface area contributed by atoms with Gasteiger partial charge in [-0.25, -0.2) is 4.79 Å². The first-order chi connectivity index (χ1) is 11.2. The van der Waals surface area contributed by atoms with E-state index in [9.17, 15) is 4.79 Å². The van der Waals surface area contributed by atoms with E-state index in [1.807, 2.05) is 42.6 Å². The summed E-state index contributed by atoms with van der Waals surface area (Å²) in [5.74, 6) is 1.14. The minimum absolute atomic E-state index is 0.327. The van der Waals surface area contributed by atoms with E-state index in [0.29, 0.717) is 19.0 Å². The number of carbonyl (C=O) groups is 1. The number of hydrogen-bond acceptors (Lipinski definition) is 6. The van der Waals surface area contributed by atoms with E-state index in [1.54, 1.807) is 14.0 Å². The first-order valence-corrected chi connectivity index (χ1v) is 8.35. The zero-order chi connectivity index (χ0) is 16.7. The molecule has 0 aliphatic carbocycles. The summed E-state index contributed by atoms with van der Waals surface area (Å²) < 4.78 is 16.0. The molecule has 0 aliphatic heterocycles. The fourth-order valence-corrected chi connectivity index (χ4v) is 2.98. The van der Waals surface area contributed by atoms with Crippen LogP contribution in [0.5, 0.6) is 11.5 Å². The van der Waals surface area contributed by atoms with E-state index in [4.69, 9.17) is 14.2 Å². The maximum absolute atomic E-state index is 12.4. The SMILES string of the molecule is CCOC(=O)C(Nc1ccc(OC)cc1)c1sccc1OCC. The first kappa shape index (κ1) is 17.1.